The quantitative estimate of drug-likeness (QED) is 0.455. The van der Waals surface area contributed by atoms with E-state index in [1.807, 2.05) is 0 Å². The number of para-hydroxylation sites is 1. The van der Waals surface area contributed by atoms with E-state index in [-0.39, 0.29) is 0 Å². The molecule has 0 amide bonds. The Bertz CT molecular complexity index is 777. The van der Waals surface area contributed by atoms with Crippen molar-refractivity contribution >= 4 is 10.9 Å². The Balaban J connectivity index is 2.16. The van der Waals surface area contributed by atoms with Crippen molar-refractivity contribution in [2.45, 2.75) is 26.3 Å². The van der Waals surface area contributed by atoms with Crippen LogP contribution in [0.1, 0.15) is 31.0 Å². The molecule has 94 valence electrons. The lowest BCUT2D eigenvalue weighted by Gasteiger charge is -2.14. The monoisotopic (exact) mass is 247 g/mol. The molecule has 1 aromatic heterocycles. The summed E-state index contributed by atoms with van der Waals surface area (Å²) in [5, 5.41) is 1.42. The van der Waals surface area contributed by atoms with Crippen molar-refractivity contribution in [3.8, 4) is 11.3 Å². The van der Waals surface area contributed by atoms with Gasteiger partial charge in [0.05, 0.1) is 5.69 Å². The minimum atomic E-state index is 0.486. The topological polar surface area (TPSA) is 4.93 Å². The van der Waals surface area contributed by atoms with Crippen LogP contribution in [0.5, 0.6) is 0 Å². The first-order valence-electron chi connectivity index (χ1n) is 6.97. The Morgan fingerprint density at radius 3 is 2.53 bits per heavy atom. The fraction of sp³-hybridized carbons (Fsp3) is 0.222. The van der Waals surface area contributed by atoms with Gasteiger partial charge in [-0.05, 0) is 31.0 Å². The van der Waals surface area contributed by atoms with Crippen molar-refractivity contribution in [1.82, 2.24) is 4.57 Å². The van der Waals surface area contributed by atoms with E-state index in [4.69, 9.17) is 0 Å². The molecule has 3 aromatic rings. The predicted octanol–water partition coefficient (Wildman–Crippen LogP) is 4.79. The van der Waals surface area contributed by atoms with E-state index in [0.29, 0.717) is 6.04 Å². The van der Waals surface area contributed by atoms with Gasteiger partial charge in [0.15, 0.2) is 0 Å². The van der Waals surface area contributed by atoms with Crippen molar-refractivity contribution < 1.29 is 0 Å². The average Bonchev–Trinajstić information content (AvgIpc) is 2.93. The van der Waals surface area contributed by atoms with Gasteiger partial charge >= 0.3 is 0 Å². The number of aromatic nitrogens is 1. The molecule has 0 aliphatic heterocycles. The maximum absolute atomic E-state index is 2.50. The van der Waals surface area contributed by atoms with Crippen molar-refractivity contribution in [1.29, 1.82) is 0 Å². The molecule has 1 nitrogen and oxygen atoms in total. The van der Waals surface area contributed by atoms with Gasteiger partial charge in [0.25, 0.3) is 0 Å². The minimum absolute atomic E-state index is 0.486. The highest BCUT2D eigenvalue weighted by molar-refractivity contribution is 5.95. The van der Waals surface area contributed by atoms with E-state index in [1.54, 1.807) is 0 Å². The molecule has 4 rings (SSSR count). The zero-order valence-electron chi connectivity index (χ0n) is 11.4. The van der Waals surface area contributed by atoms with Crippen LogP contribution in [0, 0.1) is 0 Å². The SMILES string of the molecule is CC(C)n1c2c(c3ccccc31)Cc1ccccc1-2. The molecular formula is C18H17N. The summed E-state index contributed by atoms with van der Waals surface area (Å²) in [6.45, 7) is 4.54. The lowest BCUT2D eigenvalue weighted by Crippen LogP contribution is -2.02. The first kappa shape index (κ1) is 10.9. The van der Waals surface area contributed by atoms with Crippen molar-refractivity contribution in [3.05, 3.63) is 59.7 Å². The average molecular weight is 247 g/mol. The molecule has 0 unspecified atom stereocenters. The summed E-state index contributed by atoms with van der Waals surface area (Å²) in [6.07, 6.45) is 1.08. The highest BCUT2D eigenvalue weighted by Gasteiger charge is 2.26. The van der Waals surface area contributed by atoms with Gasteiger partial charge in [-0.3, -0.25) is 0 Å². The summed E-state index contributed by atoms with van der Waals surface area (Å²) in [4.78, 5) is 0. The highest BCUT2D eigenvalue weighted by Crippen LogP contribution is 2.43. The number of nitrogens with zero attached hydrogens (tertiary/aromatic N) is 1. The van der Waals surface area contributed by atoms with Crippen LogP contribution in [-0.2, 0) is 6.42 Å². The molecule has 0 saturated carbocycles. The third-order valence-corrected chi connectivity index (χ3v) is 4.17. The number of hydrogen-bond donors (Lipinski definition) is 0. The third-order valence-electron chi connectivity index (χ3n) is 4.17. The molecule has 0 fully saturated rings. The Labute approximate surface area is 113 Å². The van der Waals surface area contributed by atoms with E-state index in [2.05, 4.69) is 66.9 Å². The molecular weight excluding hydrogens is 230 g/mol. The second kappa shape index (κ2) is 3.74. The number of benzene rings is 2. The van der Waals surface area contributed by atoms with Gasteiger partial charge in [-0.1, -0.05) is 42.5 Å². The minimum Gasteiger partial charge on any atom is -0.338 e. The summed E-state index contributed by atoms with van der Waals surface area (Å²) in [5.41, 5.74) is 7.20. The van der Waals surface area contributed by atoms with Crippen molar-refractivity contribution in [2.75, 3.05) is 0 Å². The largest absolute Gasteiger partial charge is 0.338 e. The number of hydrogen-bond acceptors (Lipinski definition) is 0. The number of fused-ring (bicyclic) bond motifs is 5. The molecule has 1 heteroatoms. The van der Waals surface area contributed by atoms with Crippen LogP contribution in [0.25, 0.3) is 22.2 Å². The lowest BCUT2D eigenvalue weighted by atomic mass is 10.1. The molecule has 0 bridgehead atoms. The molecule has 0 spiro atoms. The fourth-order valence-corrected chi connectivity index (χ4v) is 3.44. The van der Waals surface area contributed by atoms with Crippen LogP contribution in [0.15, 0.2) is 48.5 Å². The molecule has 1 aliphatic rings. The fourth-order valence-electron chi connectivity index (χ4n) is 3.44. The summed E-state index contributed by atoms with van der Waals surface area (Å²) in [6, 6.07) is 18.1. The van der Waals surface area contributed by atoms with Crippen molar-refractivity contribution in [3.63, 3.8) is 0 Å². The van der Waals surface area contributed by atoms with Crippen molar-refractivity contribution in [2.24, 2.45) is 0 Å². The van der Waals surface area contributed by atoms with Gasteiger partial charge in [0.1, 0.15) is 0 Å². The first-order valence-corrected chi connectivity index (χ1v) is 6.97. The van der Waals surface area contributed by atoms with Gasteiger partial charge < -0.3 is 4.57 Å². The first-order chi connectivity index (χ1) is 9.27. The molecule has 1 aliphatic carbocycles. The van der Waals surface area contributed by atoms with Gasteiger partial charge in [-0.2, -0.15) is 0 Å². The third kappa shape index (κ3) is 1.36. The normalized spacial score (nSPS) is 13.0. The maximum Gasteiger partial charge on any atom is 0.0532 e. The molecule has 2 aromatic carbocycles. The van der Waals surface area contributed by atoms with E-state index < -0.39 is 0 Å². The van der Waals surface area contributed by atoms with Crippen LogP contribution < -0.4 is 0 Å². The van der Waals surface area contributed by atoms with Gasteiger partial charge in [0, 0.05) is 28.9 Å². The van der Waals surface area contributed by atoms with Gasteiger partial charge in [-0.15, -0.1) is 0 Å². The Morgan fingerprint density at radius 1 is 0.947 bits per heavy atom. The zero-order valence-corrected chi connectivity index (χ0v) is 11.4. The molecule has 0 radical (unpaired) electrons. The zero-order chi connectivity index (χ0) is 13.0. The molecule has 0 atom stereocenters. The standard InChI is InChI=1S/C18H17N/c1-12(2)19-17-10-6-5-9-15(17)16-11-13-7-3-4-8-14(13)18(16)19/h3-10,12H,11H2,1-2H3. The lowest BCUT2D eigenvalue weighted by molar-refractivity contribution is 0.629. The van der Waals surface area contributed by atoms with Gasteiger partial charge in [0.2, 0.25) is 0 Å². The predicted molar refractivity (Wildman–Crippen MR) is 80.6 cm³/mol. The van der Waals surface area contributed by atoms with Crippen LogP contribution >= 0.6 is 0 Å². The second-order valence-corrected chi connectivity index (χ2v) is 5.64. The van der Waals surface area contributed by atoms with E-state index >= 15 is 0 Å². The number of rotatable bonds is 1. The molecule has 1 heterocycles. The summed E-state index contributed by atoms with van der Waals surface area (Å²) in [5.74, 6) is 0. The van der Waals surface area contributed by atoms with Gasteiger partial charge in [-0.25, -0.2) is 0 Å². The Morgan fingerprint density at radius 2 is 1.68 bits per heavy atom. The summed E-state index contributed by atoms with van der Waals surface area (Å²) in [7, 11) is 0. The smallest absolute Gasteiger partial charge is 0.0532 e. The maximum atomic E-state index is 2.50. The van der Waals surface area contributed by atoms with Crippen LogP contribution in [0.2, 0.25) is 0 Å². The second-order valence-electron chi connectivity index (χ2n) is 5.64. The molecule has 0 saturated heterocycles. The highest BCUT2D eigenvalue weighted by atomic mass is 15.0. The summed E-state index contributed by atoms with van der Waals surface area (Å²) < 4.78 is 2.50. The summed E-state index contributed by atoms with van der Waals surface area (Å²) >= 11 is 0. The van der Waals surface area contributed by atoms with E-state index in [9.17, 15) is 0 Å². The van der Waals surface area contributed by atoms with E-state index in [1.165, 1.54) is 33.3 Å². The molecule has 0 N–H and O–H groups in total. The van der Waals surface area contributed by atoms with E-state index in [0.717, 1.165) is 6.42 Å². The van der Waals surface area contributed by atoms with Crippen LogP contribution in [0.4, 0.5) is 0 Å². The van der Waals surface area contributed by atoms with Crippen LogP contribution in [0.3, 0.4) is 0 Å². The molecule has 19 heavy (non-hydrogen) atoms. The Kier molecular flexibility index (Phi) is 2.14. The Hall–Kier alpha value is -2.02. The van der Waals surface area contributed by atoms with Crippen LogP contribution in [-0.4, -0.2) is 4.57 Å².